The number of rotatable bonds is 3. The first-order chi connectivity index (χ1) is 10.2. The molecule has 2 heterocycles. The average molecular weight is 391 g/mol. The zero-order valence-corrected chi connectivity index (χ0v) is 13.9. The summed E-state index contributed by atoms with van der Waals surface area (Å²) in [5, 5.41) is 3.12. The Labute approximate surface area is 136 Å². The number of nitrogens with one attached hydrogen (secondary N) is 1. The van der Waals surface area contributed by atoms with Crippen molar-refractivity contribution in [2.75, 3.05) is 12.4 Å². The van der Waals surface area contributed by atoms with Crippen molar-refractivity contribution in [1.82, 2.24) is 9.97 Å². The molecular formula is C16H14IN3O. The smallest absolute Gasteiger partial charge is 0.198 e. The molecule has 106 valence electrons. The standard InChI is InChI=1S/C16H14IN3O/c1-10-8-9-12(21-10)15-19-14(11-6-4-3-5-7-11)13(17)16(18-2)20-15/h3-9H,1-2H3,(H,18,19,20). The van der Waals surface area contributed by atoms with Crippen molar-refractivity contribution >= 4 is 28.4 Å². The van der Waals surface area contributed by atoms with Crippen LogP contribution in [0.1, 0.15) is 5.76 Å². The highest BCUT2D eigenvalue weighted by molar-refractivity contribution is 14.1. The number of aryl methyl sites for hydroxylation is 1. The molecule has 0 radical (unpaired) electrons. The molecule has 4 nitrogen and oxygen atoms in total. The lowest BCUT2D eigenvalue weighted by molar-refractivity contribution is 0.544. The minimum atomic E-state index is 0.590. The van der Waals surface area contributed by atoms with E-state index in [0.29, 0.717) is 11.6 Å². The first-order valence-electron chi connectivity index (χ1n) is 6.56. The first-order valence-corrected chi connectivity index (χ1v) is 7.64. The number of nitrogens with zero attached hydrogens (tertiary/aromatic N) is 2. The highest BCUT2D eigenvalue weighted by Gasteiger charge is 2.15. The topological polar surface area (TPSA) is 51.0 Å². The van der Waals surface area contributed by atoms with E-state index in [1.54, 1.807) is 0 Å². The van der Waals surface area contributed by atoms with E-state index in [9.17, 15) is 0 Å². The highest BCUT2D eigenvalue weighted by atomic mass is 127. The largest absolute Gasteiger partial charge is 0.458 e. The summed E-state index contributed by atoms with van der Waals surface area (Å²) in [6, 6.07) is 13.9. The minimum absolute atomic E-state index is 0.590. The van der Waals surface area contributed by atoms with Crippen LogP contribution in [0.5, 0.6) is 0 Å². The van der Waals surface area contributed by atoms with E-state index in [4.69, 9.17) is 4.42 Å². The molecule has 0 spiro atoms. The normalized spacial score (nSPS) is 10.6. The molecule has 0 amide bonds. The molecule has 21 heavy (non-hydrogen) atoms. The fraction of sp³-hybridized carbons (Fsp3) is 0.125. The molecule has 0 bridgehead atoms. The van der Waals surface area contributed by atoms with Gasteiger partial charge >= 0.3 is 0 Å². The van der Waals surface area contributed by atoms with E-state index in [2.05, 4.69) is 37.9 Å². The van der Waals surface area contributed by atoms with E-state index in [0.717, 1.165) is 26.4 Å². The van der Waals surface area contributed by atoms with Gasteiger partial charge in [0.05, 0.1) is 9.26 Å². The summed E-state index contributed by atoms with van der Waals surface area (Å²) in [6.07, 6.45) is 0. The van der Waals surface area contributed by atoms with Gasteiger partial charge in [-0.25, -0.2) is 9.97 Å². The van der Waals surface area contributed by atoms with E-state index in [1.807, 2.05) is 56.4 Å². The van der Waals surface area contributed by atoms with Crippen molar-refractivity contribution in [3.63, 3.8) is 0 Å². The van der Waals surface area contributed by atoms with Gasteiger partial charge in [-0.1, -0.05) is 30.3 Å². The van der Waals surface area contributed by atoms with Crippen LogP contribution >= 0.6 is 22.6 Å². The van der Waals surface area contributed by atoms with Crippen LogP contribution in [0.3, 0.4) is 0 Å². The Kier molecular flexibility index (Phi) is 3.92. The lowest BCUT2D eigenvalue weighted by atomic mass is 10.1. The molecule has 0 aliphatic heterocycles. The fourth-order valence-electron chi connectivity index (χ4n) is 2.06. The Balaban J connectivity index is 2.20. The minimum Gasteiger partial charge on any atom is -0.458 e. The summed E-state index contributed by atoms with van der Waals surface area (Å²) in [5.41, 5.74) is 1.96. The Bertz CT molecular complexity index is 768. The number of hydrogen-bond donors (Lipinski definition) is 1. The molecule has 0 unspecified atom stereocenters. The van der Waals surface area contributed by atoms with Crippen molar-refractivity contribution in [3.8, 4) is 22.8 Å². The van der Waals surface area contributed by atoms with Gasteiger partial charge in [-0.3, -0.25) is 0 Å². The molecule has 0 aliphatic carbocycles. The molecule has 3 aromatic rings. The van der Waals surface area contributed by atoms with Gasteiger partial charge in [-0.2, -0.15) is 0 Å². The second-order valence-corrected chi connectivity index (χ2v) is 5.66. The van der Waals surface area contributed by atoms with Crippen molar-refractivity contribution in [1.29, 1.82) is 0 Å². The van der Waals surface area contributed by atoms with E-state index in [1.165, 1.54) is 0 Å². The van der Waals surface area contributed by atoms with Crippen LogP contribution in [-0.4, -0.2) is 17.0 Å². The van der Waals surface area contributed by atoms with Crippen molar-refractivity contribution in [2.45, 2.75) is 6.92 Å². The van der Waals surface area contributed by atoms with Gasteiger partial charge < -0.3 is 9.73 Å². The van der Waals surface area contributed by atoms with Crippen LogP contribution < -0.4 is 5.32 Å². The summed E-state index contributed by atoms with van der Waals surface area (Å²) in [6.45, 7) is 1.91. The SMILES string of the molecule is CNc1nc(-c2ccc(C)o2)nc(-c2ccccc2)c1I. The Morgan fingerprint density at radius 1 is 1.05 bits per heavy atom. The second-order valence-electron chi connectivity index (χ2n) is 4.58. The van der Waals surface area contributed by atoms with Gasteiger partial charge in [0.2, 0.25) is 0 Å². The van der Waals surface area contributed by atoms with Gasteiger partial charge in [-0.15, -0.1) is 0 Å². The number of furan rings is 1. The monoisotopic (exact) mass is 391 g/mol. The maximum atomic E-state index is 5.64. The predicted octanol–water partition coefficient (Wildman–Crippen LogP) is 4.36. The lowest BCUT2D eigenvalue weighted by Gasteiger charge is -2.10. The molecule has 1 N–H and O–H groups in total. The lowest BCUT2D eigenvalue weighted by Crippen LogP contribution is -2.02. The molecule has 5 heteroatoms. The number of halogens is 1. The molecule has 0 fully saturated rings. The zero-order valence-electron chi connectivity index (χ0n) is 11.7. The molecule has 0 saturated heterocycles. The average Bonchev–Trinajstić information content (AvgIpc) is 2.95. The summed E-state index contributed by atoms with van der Waals surface area (Å²) >= 11 is 2.27. The zero-order chi connectivity index (χ0) is 14.8. The number of hydrogen-bond acceptors (Lipinski definition) is 4. The van der Waals surface area contributed by atoms with E-state index >= 15 is 0 Å². The van der Waals surface area contributed by atoms with Crippen molar-refractivity contribution in [2.24, 2.45) is 0 Å². The molecule has 3 rings (SSSR count). The quantitative estimate of drug-likeness (QED) is 0.675. The molecule has 0 aliphatic rings. The van der Waals surface area contributed by atoms with E-state index < -0.39 is 0 Å². The summed E-state index contributed by atoms with van der Waals surface area (Å²) in [5.74, 6) is 2.91. The Morgan fingerprint density at radius 2 is 1.81 bits per heavy atom. The number of aromatic nitrogens is 2. The van der Waals surface area contributed by atoms with E-state index in [-0.39, 0.29) is 0 Å². The maximum absolute atomic E-state index is 5.64. The number of anilines is 1. The Hall–Kier alpha value is -1.89. The van der Waals surface area contributed by atoms with Crippen LogP contribution in [0.4, 0.5) is 5.82 Å². The molecule has 2 aromatic heterocycles. The van der Waals surface area contributed by atoms with Crippen LogP contribution in [0.25, 0.3) is 22.8 Å². The third kappa shape index (κ3) is 2.78. The molecular weight excluding hydrogens is 377 g/mol. The molecule has 0 saturated carbocycles. The summed E-state index contributed by atoms with van der Waals surface area (Å²) < 4.78 is 6.64. The second kappa shape index (κ2) is 5.85. The summed E-state index contributed by atoms with van der Waals surface area (Å²) in [7, 11) is 1.86. The van der Waals surface area contributed by atoms with Crippen molar-refractivity contribution < 1.29 is 4.42 Å². The number of benzene rings is 1. The van der Waals surface area contributed by atoms with Gasteiger partial charge in [0.1, 0.15) is 11.6 Å². The fourth-order valence-corrected chi connectivity index (χ4v) is 2.89. The molecule has 0 atom stereocenters. The van der Waals surface area contributed by atoms with Gasteiger partial charge in [0, 0.05) is 12.6 Å². The maximum Gasteiger partial charge on any atom is 0.198 e. The van der Waals surface area contributed by atoms with Crippen LogP contribution in [-0.2, 0) is 0 Å². The van der Waals surface area contributed by atoms with Crippen LogP contribution in [0.15, 0.2) is 46.9 Å². The highest BCUT2D eigenvalue weighted by Crippen LogP contribution is 2.30. The third-order valence-corrected chi connectivity index (χ3v) is 4.12. The van der Waals surface area contributed by atoms with Crippen LogP contribution in [0, 0.1) is 10.5 Å². The third-order valence-electron chi connectivity index (χ3n) is 3.10. The summed E-state index contributed by atoms with van der Waals surface area (Å²) in [4.78, 5) is 9.22. The van der Waals surface area contributed by atoms with Gasteiger partial charge in [-0.05, 0) is 41.6 Å². The van der Waals surface area contributed by atoms with Crippen LogP contribution in [0.2, 0.25) is 0 Å². The van der Waals surface area contributed by atoms with Gasteiger partial charge in [0.25, 0.3) is 0 Å². The molecule has 1 aromatic carbocycles. The van der Waals surface area contributed by atoms with Gasteiger partial charge in [0.15, 0.2) is 11.6 Å². The first kappa shape index (κ1) is 14.1. The predicted molar refractivity (Wildman–Crippen MR) is 92.2 cm³/mol. The van der Waals surface area contributed by atoms with Crippen molar-refractivity contribution in [3.05, 3.63) is 51.8 Å². The Morgan fingerprint density at radius 3 is 2.43 bits per heavy atom.